The Bertz CT molecular complexity index is 925. The highest BCUT2D eigenvalue weighted by molar-refractivity contribution is 5.92. The number of nitrogens with zero attached hydrogens (tertiary/aromatic N) is 3. The molecule has 27 heavy (non-hydrogen) atoms. The van der Waals surface area contributed by atoms with Crippen LogP contribution in [0.1, 0.15) is 33.0 Å². The van der Waals surface area contributed by atoms with Crippen molar-refractivity contribution in [2.75, 3.05) is 11.9 Å². The summed E-state index contributed by atoms with van der Waals surface area (Å²) in [7, 11) is 1.96. The van der Waals surface area contributed by atoms with Gasteiger partial charge in [0.2, 0.25) is 0 Å². The molecule has 1 heterocycles. The normalized spacial score (nSPS) is 10.5. The first-order chi connectivity index (χ1) is 13.0. The van der Waals surface area contributed by atoms with E-state index in [2.05, 4.69) is 33.5 Å². The summed E-state index contributed by atoms with van der Waals surface area (Å²) in [5.74, 6) is 1.11. The molecule has 1 aromatic heterocycles. The van der Waals surface area contributed by atoms with E-state index >= 15 is 0 Å². The van der Waals surface area contributed by atoms with Crippen LogP contribution in [0.5, 0.6) is 0 Å². The number of aromatic nitrogens is 2. The van der Waals surface area contributed by atoms with Gasteiger partial charge in [-0.05, 0) is 25.0 Å². The fourth-order valence-electron chi connectivity index (χ4n) is 2.90. The first-order valence-electron chi connectivity index (χ1n) is 8.96. The minimum atomic E-state index is -0.198. The monoisotopic (exact) mass is 360 g/mol. The molecule has 0 unspecified atom stereocenters. The molecule has 0 fully saturated rings. The number of carbonyl (C=O) groups is 1. The summed E-state index contributed by atoms with van der Waals surface area (Å²) in [4.78, 5) is 23.4. The van der Waals surface area contributed by atoms with E-state index in [1.54, 1.807) is 13.0 Å². The van der Waals surface area contributed by atoms with Crippen molar-refractivity contribution in [1.29, 1.82) is 0 Å². The molecule has 0 atom stereocenters. The quantitative estimate of drug-likeness (QED) is 0.729. The standard InChI is InChI=1S/C22H24N4O/c1-16-8-7-11-19(12-16)14-23-22(27)20-13-21(25-17(2)24-20)26(3)15-18-9-5-4-6-10-18/h4-13H,14-15H2,1-3H3,(H,23,27). The van der Waals surface area contributed by atoms with Crippen molar-refractivity contribution in [3.63, 3.8) is 0 Å². The van der Waals surface area contributed by atoms with Crippen molar-refractivity contribution in [1.82, 2.24) is 15.3 Å². The second-order valence-corrected chi connectivity index (χ2v) is 6.67. The van der Waals surface area contributed by atoms with Crippen molar-refractivity contribution >= 4 is 11.7 Å². The minimum Gasteiger partial charge on any atom is -0.355 e. The summed E-state index contributed by atoms with van der Waals surface area (Å²) < 4.78 is 0. The number of amides is 1. The largest absolute Gasteiger partial charge is 0.355 e. The molecule has 0 saturated carbocycles. The number of benzene rings is 2. The predicted octanol–water partition coefficient (Wildman–Crippen LogP) is 3.66. The SMILES string of the molecule is Cc1cccc(CNC(=O)c2cc(N(C)Cc3ccccc3)nc(C)n2)c1. The number of nitrogens with one attached hydrogen (secondary N) is 1. The van der Waals surface area contributed by atoms with Crippen LogP contribution in [-0.4, -0.2) is 22.9 Å². The van der Waals surface area contributed by atoms with Crippen LogP contribution in [0.4, 0.5) is 5.82 Å². The molecule has 0 spiro atoms. The van der Waals surface area contributed by atoms with E-state index in [1.807, 2.05) is 55.3 Å². The second kappa shape index (κ2) is 8.45. The second-order valence-electron chi connectivity index (χ2n) is 6.67. The zero-order chi connectivity index (χ0) is 19.2. The Balaban J connectivity index is 1.71. The van der Waals surface area contributed by atoms with Crippen LogP contribution < -0.4 is 10.2 Å². The van der Waals surface area contributed by atoms with Crippen molar-refractivity contribution in [2.24, 2.45) is 0 Å². The fraction of sp³-hybridized carbons (Fsp3) is 0.227. The third kappa shape index (κ3) is 5.14. The van der Waals surface area contributed by atoms with E-state index in [9.17, 15) is 4.79 Å². The van der Waals surface area contributed by atoms with Crippen LogP contribution in [0.2, 0.25) is 0 Å². The average Bonchev–Trinajstić information content (AvgIpc) is 2.66. The summed E-state index contributed by atoms with van der Waals surface area (Å²) in [5, 5.41) is 2.94. The van der Waals surface area contributed by atoms with Crippen LogP contribution in [0.25, 0.3) is 0 Å². The van der Waals surface area contributed by atoms with Gasteiger partial charge in [0, 0.05) is 26.2 Å². The van der Waals surface area contributed by atoms with Gasteiger partial charge in [0.25, 0.3) is 5.91 Å². The van der Waals surface area contributed by atoms with Crippen LogP contribution in [0.15, 0.2) is 60.7 Å². The molecule has 1 amide bonds. The van der Waals surface area contributed by atoms with Gasteiger partial charge in [-0.3, -0.25) is 4.79 Å². The molecule has 0 saturated heterocycles. The van der Waals surface area contributed by atoms with Gasteiger partial charge in [-0.15, -0.1) is 0 Å². The Hall–Kier alpha value is -3.21. The lowest BCUT2D eigenvalue weighted by Crippen LogP contribution is -2.25. The highest BCUT2D eigenvalue weighted by Gasteiger charge is 2.13. The van der Waals surface area contributed by atoms with Crippen molar-refractivity contribution in [3.05, 3.63) is 88.9 Å². The van der Waals surface area contributed by atoms with Gasteiger partial charge in [-0.25, -0.2) is 9.97 Å². The molecule has 0 aliphatic rings. The summed E-state index contributed by atoms with van der Waals surface area (Å²) in [6.45, 7) is 5.02. The predicted molar refractivity (Wildman–Crippen MR) is 108 cm³/mol. The van der Waals surface area contributed by atoms with Gasteiger partial charge in [0.1, 0.15) is 17.3 Å². The molecule has 0 bridgehead atoms. The molecule has 5 nitrogen and oxygen atoms in total. The molecule has 3 aromatic rings. The molecule has 2 aromatic carbocycles. The molecule has 138 valence electrons. The van der Waals surface area contributed by atoms with Crippen LogP contribution in [0, 0.1) is 13.8 Å². The Morgan fingerprint density at radius 2 is 1.70 bits per heavy atom. The Kier molecular flexibility index (Phi) is 5.81. The van der Waals surface area contributed by atoms with E-state index in [4.69, 9.17) is 0 Å². The summed E-state index contributed by atoms with van der Waals surface area (Å²) >= 11 is 0. The summed E-state index contributed by atoms with van der Waals surface area (Å²) in [6, 6.07) is 20.0. The van der Waals surface area contributed by atoms with Crippen molar-refractivity contribution < 1.29 is 4.79 Å². The third-order valence-corrected chi connectivity index (χ3v) is 4.25. The molecule has 3 rings (SSSR count). The number of hydrogen-bond acceptors (Lipinski definition) is 4. The fourth-order valence-corrected chi connectivity index (χ4v) is 2.90. The zero-order valence-electron chi connectivity index (χ0n) is 15.9. The maximum atomic E-state index is 12.6. The van der Waals surface area contributed by atoms with E-state index in [1.165, 1.54) is 11.1 Å². The Morgan fingerprint density at radius 3 is 2.44 bits per heavy atom. The highest BCUT2D eigenvalue weighted by Crippen LogP contribution is 2.15. The molecule has 0 radical (unpaired) electrons. The highest BCUT2D eigenvalue weighted by atomic mass is 16.1. The van der Waals surface area contributed by atoms with Crippen LogP contribution in [0.3, 0.4) is 0 Å². The van der Waals surface area contributed by atoms with E-state index in [0.29, 0.717) is 24.6 Å². The Morgan fingerprint density at radius 1 is 0.963 bits per heavy atom. The Labute approximate surface area is 160 Å². The third-order valence-electron chi connectivity index (χ3n) is 4.25. The van der Waals surface area contributed by atoms with Gasteiger partial charge in [-0.2, -0.15) is 0 Å². The van der Waals surface area contributed by atoms with Gasteiger partial charge in [-0.1, -0.05) is 60.2 Å². The first kappa shape index (κ1) is 18.6. The van der Waals surface area contributed by atoms with Crippen molar-refractivity contribution in [3.8, 4) is 0 Å². The summed E-state index contributed by atoms with van der Waals surface area (Å²) in [5.41, 5.74) is 3.80. The zero-order valence-corrected chi connectivity index (χ0v) is 15.9. The molecule has 5 heteroatoms. The lowest BCUT2D eigenvalue weighted by molar-refractivity contribution is 0.0945. The van der Waals surface area contributed by atoms with E-state index in [-0.39, 0.29) is 5.91 Å². The number of aryl methyl sites for hydroxylation is 2. The van der Waals surface area contributed by atoms with Crippen LogP contribution in [-0.2, 0) is 13.1 Å². The van der Waals surface area contributed by atoms with Gasteiger partial charge in [0.05, 0.1) is 0 Å². The van der Waals surface area contributed by atoms with Gasteiger partial charge < -0.3 is 10.2 Å². The maximum Gasteiger partial charge on any atom is 0.270 e. The molecule has 0 aliphatic heterocycles. The topological polar surface area (TPSA) is 58.1 Å². The number of hydrogen-bond donors (Lipinski definition) is 1. The summed E-state index contributed by atoms with van der Waals surface area (Å²) in [6.07, 6.45) is 0. The molecular formula is C22H24N4O. The van der Waals surface area contributed by atoms with Gasteiger partial charge in [0.15, 0.2) is 0 Å². The lowest BCUT2D eigenvalue weighted by atomic mass is 10.1. The van der Waals surface area contributed by atoms with Gasteiger partial charge >= 0.3 is 0 Å². The van der Waals surface area contributed by atoms with Crippen LogP contribution >= 0.6 is 0 Å². The van der Waals surface area contributed by atoms with Crippen molar-refractivity contribution in [2.45, 2.75) is 26.9 Å². The molecule has 1 N–H and O–H groups in total. The van der Waals surface area contributed by atoms with E-state index in [0.717, 1.165) is 11.4 Å². The average molecular weight is 360 g/mol. The smallest absolute Gasteiger partial charge is 0.270 e. The maximum absolute atomic E-state index is 12.6. The minimum absolute atomic E-state index is 0.198. The number of carbonyl (C=O) groups excluding carboxylic acids is 1. The van der Waals surface area contributed by atoms with E-state index < -0.39 is 0 Å². The lowest BCUT2D eigenvalue weighted by Gasteiger charge is -2.19. The molecule has 0 aliphatic carbocycles. The number of anilines is 1. The molecular weight excluding hydrogens is 336 g/mol. The first-order valence-corrected chi connectivity index (χ1v) is 8.96. The number of rotatable bonds is 6.